The molecule has 1 N–H and O–H groups in total. The van der Waals surface area contributed by atoms with Gasteiger partial charge in [-0.05, 0) is 31.2 Å². The van der Waals surface area contributed by atoms with Crippen LogP contribution in [0.3, 0.4) is 0 Å². The zero-order valence-corrected chi connectivity index (χ0v) is 10.7. The molecule has 0 amide bonds. The Labute approximate surface area is 115 Å². The largest absolute Gasteiger partial charge is 0.454 e. The standard InChI is InChI=1S/C14H11N3O3/c1-9(17)12(7-16)13(18)8-20-14(19)11-4-2-10(6-15)3-5-11/h2-5,12,17H,8H2,1H3. The van der Waals surface area contributed by atoms with Crippen LogP contribution in [0, 0.1) is 34.0 Å². The van der Waals surface area contributed by atoms with E-state index in [2.05, 4.69) is 0 Å². The van der Waals surface area contributed by atoms with Gasteiger partial charge < -0.3 is 10.1 Å². The SMILES string of the molecule is CC(=N)C(C#N)C(=O)COC(=O)c1ccc(C#N)cc1. The fourth-order valence-corrected chi connectivity index (χ4v) is 1.39. The van der Waals surface area contributed by atoms with Crippen LogP contribution in [-0.2, 0) is 9.53 Å². The van der Waals surface area contributed by atoms with E-state index in [9.17, 15) is 9.59 Å². The Bertz CT molecular complexity index is 621. The number of esters is 1. The van der Waals surface area contributed by atoms with Crippen LogP contribution in [0.5, 0.6) is 0 Å². The van der Waals surface area contributed by atoms with Gasteiger partial charge in [0.1, 0.15) is 5.92 Å². The quantitative estimate of drug-likeness (QED) is 0.641. The molecule has 0 saturated heterocycles. The summed E-state index contributed by atoms with van der Waals surface area (Å²) in [7, 11) is 0. The lowest BCUT2D eigenvalue weighted by atomic mass is 10.0. The topological polar surface area (TPSA) is 115 Å². The number of rotatable bonds is 5. The first-order valence-corrected chi connectivity index (χ1v) is 5.64. The summed E-state index contributed by atoms with van der Waals surface area (Å²) in [6, 6.07) is 9.33. The lowest BCUT2D eigenvalue weighted by Crippen LogP contribution is -2.25. The fourth-order valence-electron chi connectivity index (χ4n) is 1.39. The monoisotopic (exact) mass is 269 g/mol. The molecule has 6 nitrogen and oxygen atoms in total. The van der Waals surface area contributed by atoms with E-state index in [4.69, 9.17) is 20.7 Å². The molecule has 100 valence electrons. The highest BCUT2D eigenvalue weighted by atomic mass is 16.5. The van der Waals surface area contributed by atoms with Crippen molar-refractivity contribution in [3.63, 3.8) is 0 Å². The Hall–Kier alpha value is -2.99. The van der Waals surface area contributed by atoms with Crippen LogP contribution < -0.4 is 0 Å². The van der Waals surface area contributed by atoms with Crippen molar-refractivity contribution in [2.75, 3.05) is 6.61 Å². The second-order valence-corrected chi connectivity index (χ2v) is 3.98. The highest BCUT2D eigenvalue weighted by Crippen LogP contribution is 2.06. The van der Waals surface area contributed by atoms with Gasteiger partial charge in [-0.1, -0.05) is 0 Å². The van der Waals surface area contributed by atoms with E-state index in [-0.39, 0.29) is 11.3 Å². The molecule has 0 saturated carbocycles. The third-order valence-electron chi connectivity index (χ3n) is 2.48. The number of Topliss-reactive ketones (excluding diaryl/α,β-unsaturated/α-hetero) is 1. The lowest BCUT2D eigenvalue weighted by Gasteiger charge is -2.07. The maximum atomic E-state index is 11.6. The molecule has 20 heavy (non-hydrogen) atoms. The molecule has 6 heteroatoms. The van der Waals surface area contributed by atoms with Gasteiger partial charge >= 0.3 is 5.97 Å². The van der Waals surface area contributed by atoms with E-state index in [1.165, 1.54) is 31.2 Å². The summed E-state index contributed by atoms with van der Waals surface area (Å²) in [4.78, 5) is 23.2. The second-order valence-electron chi connectivity index (χ2n) is 3.98. The van der Waals surface area contributed by atoms with Gasteiger partial charge in [0.05, 0.1) is 23.3 Å². The molecule has 1 aromatic rings. The van der Waals surface area contributed by atoms with Crippen molar-refractivity contribution in [3.05, 3.63) is 35.4 Å². The first-order valence-electron chi connectivity index (χ1n) is 5.64. The maximum Gasteiger partial charge on any atom is 0.338 e. The zero-order valence-electron chi connectivity index (χ0n) is 10.7. The van der Waals surface area contributed by atoms with Crippen LogP contribution >= 0.6 is 0 Å². The number of carbonyl (C=O) groups is 2. The highest BCUT2D eigenvalue weighted by molar-refractivity contribution is 6.06. The predicted octanol–water partition coefficient (Wildman–Crippen LogP) is 1.46. The molecule has 0 bridgehead atoms. The number of ketones is 1. The third-order valence-corrected chi connectivity index (χ3v) is 2.48. The van der Waals surface area contributed by atoms with Crippen molar-refractivity contribution >= 4 is 17.5 Å². The van der Waals surface area contributed by atoms with Crippen molar-refractivity contribution < 1.29 is 14.3 Å². The molecule has 0 aliphatic rings. The van der Waals surface area contributed by atoms with Gasteiger partial charge in [-0.25, -0.2) is 4.79 Å². The predicted molar refractivity (Wildman–Crippen MR) is 69.0 cm³/mol. The first-order chi connectivity index (χ1) is 9.49. The van der Waals surface area contributed by atoms with Crippen molar-refractivity contribution in [1.82, 2.24) is 0 Å². The third kappa shape index (κ3) is 3.76. The molecule has 0 radical (unpaired) electrons. The van der Waals surface area contributed by atoms with Gasteiger partial charge in [0.2, 0.25) is 0 Å². The maximum absolute atomic E-state index is 11.6. The highest BCUT2D eigenvalue weighted by Gasteiger charge is 2.21. The average Bonchev–Trinajstić information content (AvgIpc) is 2.45. The summed E-state index contributed by atoms with van der Waals surface area (Å²) in [5.41, 5.74) is 0.519. The molecule has 0 aliphatic heterocycles. The van der Waals surface area contributed by atoms with Crippen molar-refractivity contribution in [2.24, 2.45) is 5.92 Å². The van der Waals surface area contributed by atoms with E-state index in [1.807, 2.05) is 6.07 Å². The van der Waals surface area contributed by atoms with Gasteiger partial charge in [-0.3, -0.25) is 4.79 Å². The smallest absolute Gasteiger partial charge is 0.338 e. The number of ether oxygens (including phenoxy) is 1. The molecule has 1 atom stereocenters. The lowest BCUT2D eigenvalue weighted by molar-refractivity contribution is -0.122. The summed E-state index contributed by atoms with van der Waals surface area (Å²) >= 11 is 0. The van der Waals surface area contributed by atoms with Gasteiger partial charge in [-0.2, -0.15) is 10.5 Å². The van der Waals surface area contributed by atoms with E-state index >= 15 is 0 Å². The number of carbonyl (C=O) groups excluding carboxylic acids is 2. The molecule has 0 aliphatic carbocycles. The number of nitriles is 2. The van der Waals surface area contributed by atoms with Gasteiger partial charge in [0.25, 0.3) is 0 Å². The minimum atomic E-state index is -1.19. The number of benzene rings is 1. The first kappa shape index (κ1) is 15.1. The van der Waals surface area contributed by atoms with Crippen LogP contribution in [-0.4, -0.2) is 24.1 Å². The minimum absolute atomic E-state index is 0.0908. The van der Waals surface area contributed by atoms with Crippen LogP contribution in [0.2, 0.25) is 0 Å². The Balaban J connectivity index is 2.63. The summed E-state index contributed by atoms with van der Waals surface area (Å²) in [5, 5.41) is 24.6. The van der Waals surface area contributed by atoms with Gasteiger partial charge in [0.15, 0.2) is 12.4 Å². The Kier molecular flexibility index (Phi) is 5.13. The van der Waals surface area contributed by atoms with Crippen LogP contribution in [0.1, 0.15) is 22.8 Å². The van der Waals surface area contributed by atoms with Crippen LogP contribution in [0.25, 0.3) is 0 Å². The van der Waals surface area contributed by atoms with Crippen LogP contribution in [0.4, 0.5) is 0 Å². The minimum Gasteiger partial charge on any atom is -0.454 e. The van der Waals surface area contributed by atoms with E-state index in [1.54, 1.807) is 6.07 Å². The van der Waals surface area contributed by atoms with Crippen molar-refractivity contribution in [2.45, 2.75) is 6.92 Å². The molecule has 1 unspecified atom stereocenters. The Morgan fingerprint density at radius 3 is 2.35 bits per heavy atom. The zero-order chi connectivity index (χ0) is 15.1. The van der Waals surface area contributed by atoms with Gasteiger partial charge in [0, 0.05) is 5.71 Å². The molecular formula is C14H11N3O3. The molecule has 0 spiro atoms. The average molecular weight is 269 g/mol. The van der Waals surface area contributed by atoms with E-state index in [0.29, 0.717) is 5.56 Å². The fraction of sp³-hybridized carbons (Fsp3) is 0.214. The molecular weight excluding hydrogens is 258 g/mol. The number of nitrogens with one attached hydrogen (secondary N) is 1. The Morgan fingerprint density at radius 1 is 1.30 bits per heavy atom. The van der Waals surface area contributed by atoms with Crippen molar-refractivity contribution in [1.29, 1.82) is 15.9 Å². The van der Waals surface area contributed by atoms with E-state index in [0.717, 1.165) is 0 Å². The molecule has 1 aromatic carbocycles. The summed E-state index contributed by atoms with van der Waals surface area (Å²) in [5.74, 6) is -2.55. The van der Waals surface area contributed by atoms with Crippen LogP contribution in [0.15, 0.2) is 24.3 Å². The molecule has 0 aromatic heterocycles. The number of hydrogen-bond acceptors (Lipinski definition) is 6. The van der Waals surface area contributed by atoms with Crippen molar-refractivity contribution in [3.8, 4) is 12.1 Å². The Morgan fingerprint density at radius 2 is 1.90 bits per heavy atom. The second kappa shape index (κ2) is 6.81. The van der Waals surface area contributed by atoms with E-state index < -0.39 is 24.3 Å². The summed E-state index contributed by atoms with van der Waals surface area (Å²) < 4.78 is 4.78. The van der Waals surface area contributed by atoms with Gasteiger partial charge in [-0.15, -0.1) is 0 Å². The number of hydrogen-bond donors (Lipinski definition) is 1. The summed E-state index contributed by atoms with van der Waals surface area (Å²) in [6.45, 7) is 0.779. The normalized spacial score (nSPS) is 10.8. The summed E-state index contributed by atoms with van der Waals surface area (Å²) in [6.07, 6.45) is 0. The number of nitrogens with zero attached hydrogens (tertiary/aromatic N) is 2. The molecule has 0 fully saturated rings. The molecule has 1 rings (SSSR count). The molecule has 0 heterocycles.